The lowest BCUT2D eigenvalue weighted by Gasteiger charge is -2.45. The smallest absolute Gasteiger partial charge is 0.141 e. The highest BCUT2D eigenvalue weighted by Crippen LogP contribution is 2.48. The van der Waals surface area contributed by atoms with E-state index in [2.05, 4.69) is 40.7 Å². The fourth-order valence-electron chi connectivity index (χ4n) is 4.55. The van der Waals surface area contributed by atoms with E-state index in [9.17, 15) is 15.0 Å². The van der Waals surface area contributed by atoms with Crippen LogP contribution in [0.4, 0.5) is 0 Å². The summed E-state index contributed by atoms with van der Waals surface area (Å²) in [5, 5.41) is 21.1. The van der Waals surface area contributed by atoms with E-state index in [1.165, 1.54) is 5.57 Å². The molecule has 0 aromatic heterocycles. The Morgan fingerprint density at radius 1 is 1.25 bits per heavy atom. The predicted molar refractivity (Wildman–Crippen MR) is 116 cm³/mol. The molecule has 156 valence electrons. The van der Waals surface area contributed by atoms with Gasteiger partial charge in [0.25, 0.3) is 0 Å². The van der Waals surface area contributed by atoms with Crippen molar-refractivity contribution in [2.75, 3.05) is 0 Å². The van der Waals surface area contributed by atoms with E-state index < -0.39 is 0 Å². The summed E-state index contributed by atoms with van der Waals surface area (Å²) in [7, 11) is 0. The van der Waals surface area contributed by atoms with Crippen molar-refractivity contribution >= 4 is 17.4 Å². The van der Waals surface area contributed by atoms with Crippen LogP contribution in [0.1, 0.15) is 70.6 Å². The molecule has 2 N–H and O–H groups in total. The second-order valence-corrected chi connectivity index (χ2v) is 9.51. The first-order valence-corrected chi connectivity index (χ1v) is 10.7. The van der Waals surface area contributed by atoms with Crippen molar-refractivity contribution in [1.29, 1.82) is 0 Å². The van der Waals surface area contributed by atoms with E-state index in [4.69, 9.17) is 11.6 Å². The lowest BCUT2D eigenvalue weighted by molar-refractivity contribution is -0.132. The molecule has 1 saturated carbocycles. The van der Waals surface area contributed by atoms with Crippen molar-refractivity contribution in [3.8, 4) is 11.5 Å². The highest BCUT2D eigenvalue weighted by Gasteiger charge is 2.44. The first-order chi connectivity index (χ1) is 12.9. The number of rotatable bonds is 5. The predicted octanol–water partition coefficient (Wildman–Crippen LogP) is 6.52. The van der Waals surface area contributed by atoms with Crippen molar-refractivity contribution in [3.05, 3.63) is 33.4 Å². The van der Waals surface area contributed by atoms with Crippen LogP contribution in [0, 0.1) is 37.0 Å². The Balaban J connectivity index is 2.21. The maximum absolute atomic E-state index is 12.3. The third-order valence-electron chi connectivity index (χ3n) is 7.60. The second kappa shape index (κ2) is 8.49. The number of Topliss-reactive ketones (excluding diaryl/α,β-unsaturated/α-hetero) is 1. The molecule has 4 unspecified atom stereocenters. The minimum absolute atomic E-state index is 0.00210. The molecule has 4 atom stereocenters. The molecule has 0 amide bonds. The molecule has 4 heteroatoms. The van der Waals surface area contributed by atoms with Crippen molar-refractivity contribution in [1.82, 2.24) is 0 Å². The lowest BCUT2D eigenvalue weighted by Crippen LogP contribution is -2.42. The van der Waals surface area contributed by atoms with Crippen LogP contribution in [-0.4, -0.2) is 16.0 Å². The summed E-state index contributed by atoms with van der Waals surface area (Å²) in [6.45, 7) is 14.5. The Labute approximate surface area is 174 Å². The quantitative estimate of drug-likeness (QED) is 0.547. The number of aromatic hydroxyl groups is 2. The molecular weight excluding hydrogens is 372 g/mol. The number of hydrogen-bond donors (Lipinski definition) is 2. The largest absolute Gasteiger partial charge is 0.507 e. The molecule has 0 bridgehead atoms. The summed E-state index contributed by atoms with van der Waals surface area (Å²) in [6, 6.07) is 0. The van der Waals surface area contributed by atoms with E-state index in [-0.39, 0.29) is 22.8 Å². The minimum Gasteiger partial charge on any atom is -0.507 e. The van der Waals surface area contributed by atoms with Gasteiger partial charge in [0.2, 0.25) is 0 Å². The third-order valence-corrected chi connectivity index (χ3v) is 8.06. The Morgan fingerprint density at radius 3 is 2.46 bits per heavy atom. The van der Waals surface area contributed by atoms with Gasteiger partial charge in [0.05, 0.1) is 5.02 Å². The van der Waals surface area contributed by atoms with Crippen LogP contribution in [0.15, 0.2) is 11.6 Å². The molecular formula is C24H35ClO3. The lowest BCUT2D eigenvalue weighted by atomic mass is 9.58. The van der Waals surface area contributed by atoms with Gasteiger partial charge in [-0.2, -0.15) is 0 Å². The number of phenols is 2. The molecule has 1 aromatic carbocycles. The maximum Gasteiger partial charge on any atom is 0.141 e. The summed E-state index contributed by atoms with van der Waals surface area (Å²) >= 11 is 6.22. The van der Waals surface area contributed by atoms with E-state index in [1.807, 2.05) is 6.92 Å². The molecule has 3 nitrogen and oxygen atoms in total. The molecule has 1 aliphatic carbocycles. The summed E-state index contributed by atoms with van der Waals surface area (Å²) < 4.78 is 0. The number of ketones is 1. The standard InChI is InChI=1S/C24H35ClO3/c1-13(8-10-19-22(27)17(5)16(4)21(25)23(19)28)14(2)12-24(7)15(3)9-11-20(26)18(24)6/h8,14-15,18,27-28H,9-12H2,1-7H3/b13-8+. The number of allylic oxidation sites excluding steroid dienone is 2. The Hall–Kier alpha value is -1.48. The monoisotopic (exact) mass is 406 g/mol. The van der Waals surface area contributed by atoms with Gasteiger partial charge in [0.15, 0.2) is 0 Å². The molecule has 0 heterocycles. The number of carbonyl (C=O) groups excluding carboxylic acids is 1. The highest BCUT2D eigenvalue weighted by atomic mass is 35.5. The first kappa shape index (κ1) is 22.8. The minimum atomic E-state index is -0.0361. The van der Waals surface area contributed by atoms with Crippen LogP contribution >= 0.6 is 11.6 Å². The Kier molecular flexibility index (Phi) is 6.91. The molecule has 0 radical (unpaired) electrons. The number of benzene rings is 1. The average Bonchev–Trinajstić information content (AvgIpc) is 2.66. The Morgan fingerprint density at radius 2 is 1.86 bits per heavy atom. The zero-order valence-corrected chi connectivity index (χ0v) is 19.1. The molecule has 1 aliphatic rings. The van der Waals surface area contributed by atoms with Crippen LogP contribution in [0.3, 0.4) is 0 Å². The molecule has 2 rings (SSSR count). The van der Waals surface area contributed by atoms with E-state index in [0.717, 1.165) is 12.8 Å². The molecule has 28 heavy (non-hydrogen) atoms. The number of phenolic OH excluding ortho intramolecular Hbond substituents is 2. The molecule has 0 aliphatic heterocycles. The Bertz CT molecular complexity index is 767. The molecule has 0 spiro atoms. The van der Waals surface area contributed by atoms with Crippen LogP contribution in [-0.2, 0) is 11.2 Å². The van der Waals surface area contributed by atoms with Gasteiger partial charge >= 0.3 is 0 Å². The zero-order valence-electron chi connectivity index (χ0n) is 18.3. The summed E-state index contributed by atoms with van der Waals surface area (Å²) in [4.78, 5) is 12.3. The zero-order chi connectivity index (χ0) is 21.4. The fourth-order valence-corrected chi connectivity index (χ4v) is 4.80. The summed E-state index contributed by atoms with van der Waals surface area (Å²) in [6.07, 6.45) is 5.11. The van der Waals surface area contributed by atoms with Crippen molar-refractivity contribution in [2.24, 2.45) is 23.2 Å². The van der Waals surface area contributed by atoms with Gasteiger partial charge in [-0.1, -0.05) is 50.9 Å². The maximum atomic E-state index is 12.3. The fraction of sp³-hybridized carbons (Fsp3) is 0.625. The van der Waals surface area contributed by atoms with Gasteiger partial charge in [0, 0.05) is 17.9 Å². The van der Waals surface area contributed by atoms with Gasteiger partial charge in [-0.25, -0.2) is 0 Å². The summed E-state index contributed by atoms with van der Waals surface area (Å²) in [5.74, 6) is 1.37. The normalized spacial score (nSPS) is 27.1. The average molecular weight is 407 g/mol. The van der Waals surface area contributed by atoms with Crippen LogP contribution in [0.25, 0.3) is 0 Å². The van der Waals surface area contributed by atoms with Gasteiger partial charge in [-0.15, -0.1) is 0 Å². The number of hydrogen-bond acceptors (Lipinski definition) is 3. The van der Waals surface area contributed by atoms with Crippen molar-refractivity contribution in [3.63, 3.8) is 0 Å². The van der Waals surface area contributed by atoms with Gasteiger partial charge in [-0.3, -0.25) is 4.79 Å². The van der Waals surface area contributed by atoms with Crippen LogP contribution < -0.4 is 0 Å². The number of halogens is 1. The van der Waals surface area contributed by atoms with E-state index in [0.29, 0.717) is 52.2 Å². The van der Waals surface area contributed by atoms with Crippen molar-refractivity contribution in [2.45, 2.75) is 74.1 Å². The van der Waals surface area contributed by atoms with Crippen LogP contribution in [0.5, 0.6) is 11.5 Å². The third kappa shape index (κ3) is 4.10. The van der Waals surface area contributed by atoms with Gasteiger partial charge < -0.3 is 10.2 Å². The summed E-state index contributed by atoms with van der Waals surface area (Å²) in [5.41, 5.74) is 3.07. The topological polar surface area (TPSA) is 57.5 Å². The van der Waals surface area contributed by atoms with Crippen LogP contribution in [0.2, 0.25) is 5.02 Å². The van der Waals surface area contributed by atoms with Crippen molar-refractivity contribution < 1.29 is 15.0 Å². The molecule has 1 fully saturated rings. The van der Waals surface area contributed by atoms with Gasteiger partial charge in [0.1, 0.15) is 17.3 Å². The van der Waals surface area contributed by atoms with Gasteiger partial charge in [-0.05, 0) is 68.4 Å². The SMILES string of the molecule is C/C(=C\Cc1c(O)c(C)c(C)c(Cl)c1O)C(C)CC1(C)C(C)CCC(=O)C1C. The molecule has 0 saturated heterocycles. The number of carbonyl (C=O) groups is 1. The first-order valence-electron chi connectivity index (χ1n) is 10.3. The second-order valence-electron chi connectivity index (χ2n) is 9.13. The van der Waals surface area contributed by atoms with E-state index in [1.54, 1.807) is 6.92 Å². The van der Waals surface area contributed by atoms with E-state index >= 15 is 0 Å². The molecule has 1 aromatic rings. The highest BCUT2D eigenvalue weighted by molar-refractivity contribution is 6.33.